The third-order valence-electron chi connectivity index (χ3n) is 2.79. The lowest BCUT2D eigenvalue weighted by Crippen LogP contribution is -2.32. The first-order valence-corrected chi connectivity index (χ1v) is 10.0. The Morgan fingerprint density at radius 1 is 1.39 bits per heavy atom. The van der Waals surface area contributed by atoms with Gasteiger partial charge in [0.1, 0.15) is 20.2 Å². The molecule has 1 aromatic carbocycles. The molecule has 0 saturated carbocycles. The number of amides is 1. The zero-order chi connectivity index (χ0) is 17.0. The van der Waals surface area contributed by atoms with Crippen LogP contribution in [0.15, 0.2) is 18.2 Å². The third-order valence-corrected chi connectivity index (χ3v) is 3.41. The molecule has 0 atom stereocenters. The SMILES string of the molecule is C[Si](C)C#Cc1ccc2nc(CNC(=O)OC(C)(C)C)[nH]c2c1. The molecule has 1 radical (unpaired) electrons. The van der Waals surface area contributed by atoms with Crippen molar-refractivity contribution in [2.45, 2.75) is 46.0 Å². The lowest BCUT2D eigenvalue weighted by atomic mass is 10.2. The zero-order valence-electron chi connectivity index (χ0n) is 14.2. The van der Waals surface area contributed by atoms with Gasteiger partial charge in [-0.1, -0.05) is 19.0 Å². The molecule has 0 fully saturated rings. The Kier molecular flexibility index (Phi) is 5.11. The van der Waals surface area contributed by atoms with Crippen LogP contribution in [0, 0.1) is 11.5 Å². The molecular formula is C17H22N3O2Si. The molecule has 1 aromatic heterocycles. The van der Waals surface area contributed by atoms with E-state index in [4.69, 9.17) is 4.74 Å². The van der Waals surface area contributed by atoms with Gasteiger partial charge in [0.15, 0.2) is 0 Å². The fourth-order valence-corrected chi connectivity index (χ4v) is 2.29. The summed E-state index contributed by atoms with van der Waals surface area (Å²) in [6, 6.07) is 5.88. The van der Waals surface area contributed by atoms with E-state index in [1.54, 1.807) is 0 Å². The summed E-state index contributed by atoms with van der Waals surface area (Å²) < 4.78 is 5.20. The van der Waals surface area contributed by atoms with Gasteiger partial charge in [-0.25, -0.2) is 9.78 Å². The largest absolute Gasteiger partial charge is 0.444 e. The van der Waals surface area contributed by atoms with E-state index < -0.39 is 20.5 Å². The molecule has 1 heterocycles. The van der Waals surface area contributed by atoms with Crippen LogP contribution in [0.4, 0.5) is 4.79 Å². The predicted molar refractivity (Wildman–Crippen MR) is 93.5 cm³/mol. The number of benzene rings is 1. The Bertz CT molecular complexity index is 763. The molecular weight excluding hydrogens is 306 g/mol. The van der Waals surface area contributed by atoms with E-state index in [0.717, 1.165) is 16.6 Å². The van der Waals surface area contributed by atoms with Crippen molar-refractivity contribution >= 4 is 25.9 Å². The number of fused-ring (bicyclic) bond motifs is 1. The fraction of sp³-hybridized carbons (Fsp3) is 0.412. The fourth-order valence-electron chi connectivity index (χ4n) is 1.89. The van der Waals surface area contributed by atoms with Crippen molar-refractivity contribution in [1.29, 1.82) is 0 Å². The van der Waals surface area contributed by atoms with Crippen LogP contribution in [0.3, 0.4) is 0 Å². The van der Waals surface area contributed by atoms with E-state index in [9.17, 15) is 4.79 Å². The molecule has 5 nitrogen and oxygen atoms in total. The maximum Gasteiger partial charge on any atom is 0.408 e. The number of nitrogens with zero attached hydrogens (tertiary/aromatic N) is 1. The molecule has 0 aliphatic heterocycles. The number of carbonyl (C=O) groups is 1. The van der Waals surface area contributed by atoms with Crippen molar-refractivity contribution in [3.63, 3.8) is 0 Å². The summed E-state index contributed by atoms with van der Waals surface area (Å²) in [7, 11) is -0.561. The van der Waals surface area contributed by atoms with E-state index in [2.05, 4.69) is 39.8 Å². The Balaban J connectivity index is 2.06. The summed E-state index contributed by atoms with van der Waals surface area (Å²) in [6.45, 7) is 10.1. The minimum atomic E-state index is -0.561. The van der Waals surface area contributed by atoms with Crippen LogP contribution in [0.1, 0.15) is 32.2 Å². The summed E-state index contributed by atoms with van der Waals surface area (Å²) in [5, 5.41) is 2.69. The number of rotatable bonds is 2. The van der Waals surface area contributed by atoms with Gasteiger partial charge in [-0.3, -0.25) is 0 Å². The molecule has 6 heteroatoms. The second-order valence-electron chi connectivity index (χ2n) is 6.52. The minimum Gasteiger partial charge on any atom is -0.444 e. The van der Waals surface area contributed by atoms with Crippen molar-refractivity contribution < 1.29 is 9.53 Å². The normalized spacial score (nSPS) is 11.2. The van der Waals surface area contributed by atoms with Crippen molar-refractivity contribution in [3.8, 4) is 11.5 Å². The number of alkyl carbamates (subject to hydrolysis) is 1. The topological polar surface area (TPSA) is 67.0 Å². The van der Waals surface area contributed by atoms with Crippen LogP contribution in [0.25, 0.3) is 11.0 Å². The molecule has 2 N–H and O–H groups in total. The highest BCUT2D eigenvalue weighted by atomic mass is 28.3. The standard InChI is InChI=1S/C17H22N3O2Si/c1-17(2,3)22-16(21)18-11-15-19-13-7-6-12(8-9-23(4)5)10-14(13)20-15/h6-7,10H,11H2,1-5H3,(H,18,21)(H,19,20). The van der Waals surface area contributed by atoms with E-state index in [1.165, 1.54) is 0 Å². The molecule has 2 aromatic rings. The van der Waals surface area contributed by atoms with Crippen LogP contribution >= 0.6 is 0 Å². The third kappa shape index (κ3) is 5.46. The maximum atomic E-state index is 11.7. The average molecular weight is 328 g/mol. The van der Waals surface area contributed by atoms with Crippen LogP contribution in [0.5, 0.6) is 0 Å². The van der Waals surface area contributed by atoms with Crippen molar-refractivity contribution in [1.82, 2.24) is 15.3 Å². The van der Waals surface area contributed by atoms with E-state index in [-0.39, 0.29) is 0 Å². The second-order valence-corrected chi connectivity index (χ2v) is 8.77. The van der Waals surface area contributed by atoms with E-state index >= 15 is 0 Å². The van der Waals surface area contributed by atoms with Gasteiger partial charge >= 0.3 is 6.09 Å². The van der Waals surface area contributed by atoms with Crippen molar-refractivity contribution in [3.05, 3.63) is 29.6 Å². The molecule has 0 unspecified atom stereocenters. The number of H-pyrrole nitrogens is 1. The lowest BCUT2D eigenvalue weighted by Gasteiger charge is -2.19. The molecule has 0 aliphatic carbocycles. The minimum absolute atomic E-state index is 0.293. The summed E-state index contributed by atoms with van der Waals surface area (Å²) >= 11 is 0. The highest BCUT2D eigenvalue weighted by molar-refractivity contribution is 6.64. The zero-order valence-corrected chi connectivity index (χ0v) is 15.2. The number of hydrogen-bond donors (Lipinski definition) is 2. The first kappa shape index (κ1) is 17.1. The monoisotopic (exact) mass is 328 g/mol. The quantitative estimate of drug-likeness (QED) is 0.657. The first-order valence-electron chi connectivity index (χ1n) is 7.50. The van der Waals surface area contributed by atoms with Gasteiger partial charge in [-0.15, -0.1) is 5.54 Å². The molecule has 121 valence electrons. The molecule has 0 aliphatic rings. The van der Waals surface area contributed by atoms with Gasteiger partial charge in [0, 0.05) is 5.56 Å². The second kappa shape index (κ2) is 6.88. The Hall–Kier alpha value is -2.26. The number of aromatic amines is 1. The Morgan fingerprint density at radius 2 is 2.13 bits per heavy atom. The Morgan fingerprint density at radius 3 is 2.78 bits per heavy atom. The molecule has 2 rings (SSSR count). The highest BCUT2D eigenvalue weighted by Gasteiger charge is 2.16. The Labute approximate surface area is 138 Å². The summed E-state index contributed by atoms with van der Waals surface area (Å²) in [6.07, 6.45) is -0.454. The maximum absolute atomic E-state index is 11.7. The predicted octanol–water partition coefficient (Wildman–Crippen LogP) is 3.23. The molecule has 0 bridgehead atoms. The summed E-state index contributed by atoms with van der Waals surface area (Å²) in [4.78, 5) is 19.3. The van der Waals surface area contributed by atoms with Gasteiger partial charge in [-0.2, -0.15) is 0 Å². The lowest BCUT2D eigenvalue weighted by molar-refractivity contribution is 0.0522. The van der Waals surface area contributed by atoms with Gasteiger partial charge in [0.05, 0.1) is 17.6 Å². The summed E-state index contributed by atoms with van der Waals surface area (Å²) in [5.41, 5.74) is 5.47. The van der Waals surface area contributed by atoms with Gasteiger partial charge in [-0.05, 0) is 39.0 Å². The van der Waals surface area contributed by atoms with Crippen LogP contribution in [-0.2, 0) is 11.3 Å². The highest BCUT2D eigenvalue weighted by Crippen LogP contribution is 2.13. The average Bonchev–Trinajstić information content (AvgIpc) is 2.83. The smallest absolute Gasteiger partial charge is 0.408 e. The number of ether oxygens (including phenoxy) is 1. The number of hydrogen-bond acceptors (Lipinski definition) is 3. The van der Waals surface area contributed by atoms with Crippen LogP contribution < -0.4 is 5.32 Å². The number of imidazole rings is 1. The van der Waals surface area contributed by atoms with Crippen molar-refractivity contribution in [2.24, 2.45) is 0 Å². The van der Waals surface area contributed by atoms with Crippen LogP contribution in [0.2, 0.25) is 13.1 Å². The first-order chi connectivity index (χ1) is 10.7. The molecule has 23 heavy (non-hydrogen) atoms. The summed E-state index contributed by atoms with van der Waals surface area (Å²) in [5.74, 6) is 3.87. The molecule has 0 spiro atoms. The number of carbonyl (C=O) groups excluding carboxylic acids is 1. The van der Waals surface area contributed by atoms with Gasteiger partial charge < -0.3 is 15.0 Å². The van der Waals surface area contributed by atoms with Gasteiger partial charge in [0.25, 0.3) is 0 Å². The van der Waals surface area contributed by atoms with Gasteiger partial charge in [0.2, 0.25) is 0 Å². The number of nitrogens with one attached hydrogen (secondary N) is 2. The van der Waals surface area contributed by atoms with E-state index in [0.29, 0.717) is 12.4 Å². The van der Waals surface area contributed by atoms with Crippen molar-refractivity contribution in [2.75, 3.05) is 0 Å². The molecule has 0 saturated heterocycles. The molecule has 1 amide bonds. The van der Waals surface area contributed by atoms with Crippen LogP contribution in [-0.4, -0.2) is 30.5 Å². The number of aromatic nitrogens is 2. The van der Waals surface area contributed by atoms with E-state index in [1.807, 2.05) is 39.0 Å².